The molecule has 1 heterocycles. The summed E-state index contributed by atoms with van der Waals surface area (Å²) in [6.45, 7) is 0.249. The maximum Gasteiger partial charge on any atom is 0.335 e. The van der Waals surface area contributed by atoms with Gasteiger partial charge in [-0.1, -0.05) is 15.9 Å². The molecule has 1 aromatic carbocycles. The Kier molecular flexibility index (Phi) is 4.41. The number of rotatable bonds is 4. The van der Waals surface area contributed by atoms with Crippen molar-refractivity contribution in [3.05, 3.63) is 52.4 Å². The fourth-order valence-electron chi connectivity index (χ4n) is 1.54. The molecule has 2 aromatic rings. The van der Waals surface area contributed by atoms with E-state index in [2.05, 4.69) is 26.6 Å². The van der Waals surface area contributed by atoms with Crippen LogP contribution in [-0.2, 0) is 6.54 Å². The van der Waals surface area contributed by atoms with Gasteiger partial charge in [0.25, 0.3) is 0 Å². The van der Waals surface area contributed by atoms with Crippen LogP contribution in [-0.4, -0.2) is 17.1 Å². The van der Waals surface area contributed by atoms with E-state index >= 15 is 0 Å². The minimum atomic E-state index is -1.06. The van der Waals surface area contributed by atoms with Crippen molar-refractivity contribution < 1.29 is 19.1 Å². The Balaban J connectivity index is 1.98. The summed E-state index contributed by atoms with van der Waals surface area (Å²) in [5.74, 6) is -0.439. The molecule has 0 saturated carbocycles. The third kappa shape index (κ3) is 3.86. The molecule has 0 unspecified atom stereocenters. The van der Waals surface area contributed by atoms with Crippen LogP contribution in [0.15, 0.2) is 45.5 Å². The summed E-state index contributed by atoms with van der Waals surface area (Å²) in [6.07, 6.45) is 1.52. The van der Waals surface area contributed by atoms with Gasteiger partial charge in [0.05, 0.1) is 18.4 Å². The first-order valence-corrected chi connectivity index (χ1v) is 6.45. The number of anilines is 1. The number of benzene rings is 1. The lowest BCUT2D eigenvalue weighted by molar-refractivity contribution is 0.0697. The molecule has 0 atom stereocenters. The average Bonchev–Trinajstić information content (AvgIpc) is 2.88. The van der Waals surface area contributed by atoms with Gasteiger partial charge >= 0.3 is 12.0 Å². The van der Waals surface area contributed by atoms with E-state index in [0.29, 0.717) is 15.9 Å². The van der Waals surface area contributed by atoms with Crippen molar-refractivity contribution in [1.29, 1.82) is 0 Å². The molecule has 0 aliphatic carbocycles. The number of hydrogen-bond donors (Lipinski definition) is 3. The van der Waals surface area contributed by atoms with E-state index in [-0.39, 0.29) is 12.1 Å². The second kappa shape index (κ2) is 6.25. The highest BCUT2D eigenvalue weighted by Gasteiger charge is 2.08. The monoisotopic (exact) mass is 338 g/mol. The van der Waals surface area contributed by atoms with Gasteiger partial charge in [-0.05, 0) is 30.3 Å². The lowest BCUT2D eigenvalue weighted by Crippen LogP contribution is -2.28. The van der Waals surface area contributed by atoms with Crippen molar-refractivity contribution in [3.63, 3.8) is 0 Å². The van der Waals surface area contributed by atoms with E-state index in [0.717, 1.165) is 0 Å². The van der Waals surface area contributed by atoms with Crippen LogP contribution in [0.25, 0.3) is 0 Å². The molecule has 0 bridgehead atoms. The third-order valence-corrected chi connectivity index (χ3v) is 2.86. The van der Waals surface area contributed by atoms with Gasteiger partial charge in [0.2, 0.25) is 0 Å². The number of carboxylic acid groups (broad SMARTS) is 1. The van der Waals surface area contributed by atoms with Gasteiger partial charge in [-0.15, -0.1) is 0 Å². The van der Waals surface area contributed by atoms with Gasteiger partial charge in [0.1, 0.15) is 5.76 Å². The maximum absolute atomic E-state index is 11.7. The SMILES string of the molecule is O=C(NCc1ccco1)Nc1cc(Br)cc(C(=O)O)c1. The van der Waals surface area contributed by atoms with Crippen LogP contribution in [0.5, 0.6) is 0 Å². The van der Waals surface area contributed by atoms with Crippen molar-refractivity contribution >= 4 is 33.6 Å². The topological polar surface area (TPSA) is 91.6 Å². The zero-order chi connectivity index (χ0) is 14.5. The van der Waals surface area contributed by atoms with Gasteiger partial charge in [-0.25, -0.2) is 9.59 Å². The Labute approximate surface area is 122 Å². The van der Waals surface area contributed by atoms with Gasteiger partial charge in [-0.2, -0.15) is 0 Å². The van der Waals surface area contributed by atoms with Gasteiger partial charge in [-0.3, -0.25) is 0 Å². The molecule has 1 aromatic heterocycles. The highest BCUT2D eigenvalue weighted by Crippen LogP contribution is 2.19. The summed E-state index contributed by atoms with van der Waals surface area (Å²) in [5, 5.41) is 14.1. The Morgan fingerprint density at radius 2 is 2.10 bits per heavy atom. The lowest BCUT2D eigenvalue weighted by Gasteiger charge is -2.08. The largest absolute Gasteiger partial charge is 0.478 e. The molecule has 2 amide bonds. The summed E-state index contributed by atoms with van der Waals surface area (Å²) in [7, 11) is 0. The zero-order valence-corrected chi connectivity index (χ0v) is 11.8. The van der Waals surface area contributed by atoms with Crippen LogP contribution in [0.1, 0.15) is 16.1 Å². The Morgan fingerprint density at radius 1 is 1.30 bits per heavy atom. The molecule has 3 N–H and O–H groups in total. The molecule has 0 radical (unpaired) electrons. The number of carboxylic acids is 1. The first kappa shape index (κ1) is 14.1. The molecule has 0 aliphatic heterocycles. The average molecular weight is 339 g/mol. The number of hydrogen-bond acceptors (Lipinski definition) is 3. The molecule has 20 heavy (non-hydrogen) atoms. The van der Waals surface area contributed by atoms with Crippen molar-refractivity contribution in [3.8, 4) is 0 Å². The van der Waals surface area contributed by atoms with Crippen LogP contribution in [0.3, 0.4) is 0 Å². The number of halogens is 1. The number of carbonyl (C=O) groups is 2. The Hall–Kier alpha value is -2.28. The molecule has 0 spiro atoms. The second-order valence-corrected chi connectivity index (χ2v) is 4.84. The predicted octanol–water partition coefficient (Wildman–Crippen LogP) is 3.06. The highest BCUT2D eigenvalue weighted by atomic mass is 79.9. The molecule has 0 aliphatic rings. The molecule has 104 valence electrons. The van der Waals surface area contributed by atoms with Crippen molar-refractivity contribution in [2.45, 2.75) is 6.54 Å². The minimum absolute atomic E-state index is 0.0840. The smallest absolute Gasteiger partial charge is 0.335 e. The predicted molar refractivity (Wildman–Crippen MR) is 75.7 cm³/mol. The van der Waals surface area contributed by atoms with Crippen LogP contribution in [0, 0.1) is 0 Å². The summed E-state index contributed by atoms with van der Waals surface area (Å²) in [5.41, 5.74) is 0.467. The molecule has 2 rings (SSSR count). The summed E-state index contributed by atoms with van der Waals surface area (Å²) >= 11 is 3.19. The van der Waals surface area contributed by atoms with E-state index in [1.165, 1.54) is 18.4 Å². The fraction of sp³-hybridized carbons (Fsp3) is 0.0769. The highest BCUT2D eigenvalue weighted by molar-refractivity contribution is 9.10. The van der Waals surface area contributed by atoms with Crippen molar-refractivity contribution in [2.75, 3.05) is 5.32 Å². The second-order valence-electron chi connectivity index (χ2n) is 3.92. The first-order valence-electron chi connectivity index (χ1n) is 5.66. The van der Waals surface area contributed by atoms with E-state index in [1.807, 2.05) is 0 Å². The molecule has 0 saturated heterocycles. The van der Waals surface area contributed by atoms with Crippen molar-refractivity contribution in [2.24, 2.45) is 0 Å². The normalized spacial score (nSPS) is 10.1. The molecule has 7 heteroatoms. The van der Waals surface area contributed by atoms with E-state index in [9.17, 15) is 9.59 Å². The van der Waals surface area contributed by atoms with Crippen LogP contribution >= 0.6 is 15.9 Å². The summed E-state index contributed by atoms with van der Waals surface area (Å²) in [6, 6.07) is 7.45. The van der Waals surface area contributed by atoms with E-state index in [4.69, 9.17) is 9.52 Å². The van der Waals surface area contributed by atoms with E-state index < -0.39 is 12.0 Å². The van der Waals surface area contributed by atoms with Gasteiger partial charge in [0.15, 0.2) is 0 Å². The fourth-order valence-corrected chi connectivity index (χ4v) is 2.03. The molecular weight excluding hydrogens is 328 g/mol. The van der Waals surface area contributed by atoms with Crippen LogP contribution < -0.4 is 10.6 Å². The van der Waals surface area contributed by atoms with Gasteiger partial charge in [0, 0.05) is 10.2 Å². The quantitative estimate of drug-likeness (QED) is 0.798. The van der Waals surface area contributed by atoms with Crippen LogP contribution in [0.4, 0.5) is 10.5 Å². The first-order chi connectivity index (χ1) is 9.54. The number of nitrogens with one attached hydrogen (secondary N) is 2. The van der Waals surface area contributed by atoms with Gasteiger partial charge < -0.3 is 20.2 Å². The molecule has 6 nitrogen and oxygen atoms in total. The number of amides is 2. The zero-order valence-electron chi connectivity index (χ0n) is 10.2. The summed E-state index contributed by atoms with van der Waals surface area (Å²) in [4.78, 5) is 22.6. The van der Waals surface area contributed by atoms with Crippen LogP contribution in [0.2, 0.25) is 0 Å². The molecule has 0 fully saturated rings. The minimum Gasteiger partial charge on any atom is -0.478 e. The summed E-state index contributed by atoms with van der Waals surface area (Å²) < 4.78 is 5.64. The Morgan fingerprint density at radius 3 is 2.75 bits per heavy atom. The number of furan rings is 1. The van der Waals surface area contributed by atoms with Crippen molar-refractivity contribution in [1.82, 2.24) is 5.32 Å². The molecular formula is C13H11BrN2O4. The standard InChI is InChI=1S/C13H11BrN2O4/c14-9-4-8(12(17)18)5-10(6-9)16-13(19)15-7-11-2-1-3-20-11/h1-6H,7H2,(H,17,18)(H2,15,16,19). The lowest BCUT2D eigenvalue weighted by atomic mass is 10.2. The van der Waals surface area contributed by atoms with E-state index in [1.54, 1.807) is 18.2 Å². The number of urea groups is 1. The number of carbonyl (C=O) groups excluding carboxylic acids is 1. The number of aromatic carboxylic acids is 1. The maximum atomic E-state index is 11.7. The Bertz CT molecular complexity index is 625. The third-order valence-electron chi connectivity index (χ3n) is 2.41.